The topological polar surface area (TPSA) is 58.2 Å². The Hall–Kier alpha value is -3.19. The van der Waals surface area contributed by atoms with Gasteiger partial charge in [0.15, 0.2) is 5.78 Å². The molecule has 0 bridgehead atoms. The third-order valence-corrected chi connectivity index (χ3v) is 3.58. The van der Waals surface area contributed by atoms with Crippen molar-refractivity contribution in [1.82, 2.24) is 9.38 Å². The molecular weight excluding hydrogens is 310 g/mol. The minimum atomic E-state index is -0.108. The molecule has 0 aliphatic heterocycles. The quantitative estimate of drug-likeness (QED) is 0.578. The summed E-state index contributed by atoms with van der Waals surface area (Å²) in [7, 11) is 0. The number of allylic oxidation sites excluding steroid dienone is 5. The molecule has 0 fully saturated rings. The van der Waals surface area contributed by atoms with Crippen molar-refractivity contribution in [1.29, 1.82) is 5.26 Å². The number of carbonyl (C=O) groups excluding carboxylic acids is 1. The molecule has 0 N–H and O–H groups in total. The first-order valence-electron chi connectivity index (χ1n) is 8.01. The maximum Gasteiger partial charge on any atom is 0.160 e. The third-order valence-electron chi connectivity index (χ3n) is 3.58. The molecule has 2 aromatic heterocycles. The molecule has 2 aromatic rings. The van der Waals surface area contributed by atoms with Crippen LogP contribution in [0.2, 0.25) is 0 Å². The monoisotopic (exact) mass is 333 g/mol. The number of fused-ring (bicyclic) bond motifs is 1. The van der Waals surface area contributed by atoms with E-state index < -0.39 is 0 Å². The molecule has 0 radical (unpaired) electrons. The van der Waals surface area contributed by atoms with Crippen molar-refractivity contribution >= 4 is 17.0 Å². The van der Waals surface area contributed by atoms with E-state index in [0.29, 0.717) is 28.1 Å². The Morgan fingerprint density at radius 2 is 1.92 bits per heavy atom. The van der Waals surface area contributed by atoms with Crippen LogP contribution in [0.5, 0.6) is 0 Å². The number of ketones is 1. The summed E-state index contributed by atoms with van der Waals surface area (Å²) >= 11 is 0. The molecular formula is C21H23N3O. The van der Waals surface area contributed by atoms with Gasteiger partial charge in [-0.15, -0.1) is 0 Å². The lowest BCUT2D eigenvalue weighted by atomic mass is 9.90. The van der Waals surface area contributed by atoms with Crippen molar-refractivity contribution < 1.29 is 4.79 Å². The summed E-state index contributed by atoms with van der Waals surface area (Å²) in [6, 6.07) is 5.73. The van der Waals surface area contributed by atoms with E-state index in [2.05, 4.69) is 30.8 Å². The van der Waals surface area contributed by atoms with Gasteiger partial charge in [-0.2, -0.15) is 5.26 Å². The molecule has 0 spiro atoms. The number of hydrogen-bond acceptors (Lipinski definition) is 3. The summed E-state index contributed by atoms with van der Waals surface area (Å²) in [4.78, 5) is 16.1. The van der Waals surface area contributed by atoms with Crippen molar-refractivity contribution in [2.45, 2.75) is 27.7 Å². The summed E-state index contributed by atoms with van der Waals surface area (Å²) in [5, 5.41) is 9.17. The Balaban J connectivity index is 0.00000151. The average molecular weight is 333 g/mol. The number of pyridine rings is 1. The van der Waals surface area contributed by atoms with Crippen LogP contribution in [0.15, 0.2) is 67.1 Å². The SMILES string of the molecule is C=C/C(C(C)=O)=C(\C(=C)C(=C)C)c1ccc2ncc(C#N)n2c1.CC. The number of carbonyl (C=O) groups is 1. The highest BCUT2D eigenvalue weighted by atomic mass is 16.1. The second-order valence-electron chi connectivity index (χ2n) is 5.21. The summed E-state index contributed by atoms with van der Waals surface area (Å²) in [5.41, 5.74) is 4.39. The lowest BCUT2D eigenvalue weighted by Gasteiger charge is -2.15. The van der Waals surface area contributed by atoms with Crippen LogP contribution in [0.4, 0.5) is 0 Å². The first-order valence-corrected chi connectivity index (χ1v) is 8.01. The normalized spacial score (nSPS) is 10.8. The molecule has 0 aliphatic carbocycles. The fraction of sp³-hybridized carbons (Fsp3) is 0.190. The molecule has 25 heavy (non-hydrogen) atoms. The van der Waals surface area contributed by atoms with Crippen molar-refractivity contribution in [3.05, 3.63) is 78.3 Å². The Labute approximate surface area is 149 Å². The van der Waals surface area contributed by atoms with E-state index in [1.165, 1.54) is 19.2 Å². The van der Waals surface area contributed by atoms with Gasteiger partial charge in [-0.25, -0.2) is 4.98 Å². The fourth-order valence-electron chi connectivity index (χ4n) is 2.34. The van der Waals surface area contributed by atoms with Crippen molar-refractivity contribution in [2.75, 3.05) is 0 Å². The summed E-state index contributed by atoms with van der Waals surface area (Å²) in [6.45, 7) is 19.0. The third kappa shape index (κ3) is 4.02. The molecule has 0 aliphatic rings. The number of nitriles is 1. The van der Waals surface area contributed by atoms with E-state index in [-0.39, 0.29) is 5.78 Å². The van der Waals surface area contributed by atoms with Gasteiger partial charge in [-0.05, 0) is 37.1 Å². The zero-order valence-electron chi connectivity index (χ0n) is 15.3. The minimum Gasteiger partial charge on any atom is -0.294 e. The van der Waals surface area contributed by atoms with E-state index in [9.17, 15) is 10.1 Å². The summed E-state index contributed by atoms with van der Waals surface area (Å²) in [6.07, 6.45) is 4.81. The molecule has 2 rings (SSSR count). The fourth-order valence-corrected chi connectivity index (χ4v) is 2.34. The lowest BCUT2D eigenvalue weighted by molar-refractivity contribution is -0.113. The zero-order chi connectivity index (χ0) is 19.1. The molecule has 128 valence electrons. The first-order chi connectivity index (χ1) is 11.9. The number of imidazole rings is 1. The molecule has 0 saturated carbocycles. The smallest absolute Gasteiger partial charge is 0.160 e. The van der Waals surface area contributed by atoms with Crippen LogP contribution < -0.4 is 0 Å². The maximum absolute atomic E-state index is 12.0. The number of Topliss-reactive ketones (excluding diaryl/α,β-unsaturated/α-hetero) is 1. The van der Waals surface area contributed by atoms with Gasteiger partial charge in [0.25, 0.3) is 0 Å². The van der Waals surface area contributed by atoms with Gasteiger partial charge in [0, 0.05) is 17.3 Å². The van der Waals surface area contributed by atoms with E-state index in [1.54, 1.807) is 16.7 Å². The minimum absolute atomic E-state index is 0.108. The standard InChI is InChI=1S/C19H17N3O.C2H6/c1-6-17(14(5)23)19(13(4)12(2)3)15-7-8-18-21-10-16(9-20)22(18)11-15;1-2/h6-8,10-11H,1-2,4H2,3,5H3;1-2H3/b19-17-;. The van der Waals surface area contributed by atoms with Crippen LogP contribution in [0.3, 0.4) is 0 Å². The highest BCUT2D eigenvalue weighted by Crippen LogP contribution is 2.31. The number of rotatable bonds is 5. The molecule has 0 atom stereocenters. The van der Waals surface area contributed by atoms with E-state index in [1.807, 2.05) is 26.8 Å². The summed E-state index contributed by atoms with van der Waals surface area (Å²) < 4.78 is 1.68. The molecule has 0 saturated heterocycles. The van der Waals surface area contributed by atoms with Crippen LogP contribution in [-0.4, -0.2) is 15.2 Å². The summed E-state index contributed by atoms with van der Waals surface area (Å²) in [5.74, 6) is -0.108. The predicted octanol–water partition coefficient (Wildman–Crippen LogP) is 4.89. The highest BCUT2D eigenvalue weighted by Gasteiger charge is 2.16. The largest absolute Gasteiger partial charge is 0.294 e. The molecule has 0 aromatic carbocycles. The molecule has 4 heteroatoms. The first kappa shape index (κ1) is 19.9. The molecule has 0 amide bonds. The van der Waals surface area contributed by atoms with Gasteiger partial charge < -0.3 is 0 Å². The Kier molecular flexibility index (Phi) is 6.83. The van der Waals surface area contributed by atoms with Gasteiger partial charge >= 0.3 is 0 Å². The van der Waals surface area contributed by atoms with Crippen LogP contribution in [0.1, 0.15) is 39.0 Å². The van der Waals surface area contributed by atoms with Crippen molar-refractivity contribution in [3.8, 4) is 6.07 Å². The van der Waals surface area contributed by atoms with Gasteiger partial charge in [0.2, 0.25) is 0 Å². The van der Waals surface area contributed by atoms with Crippen LogP contribution >= 0.6 is 0 Å². The van der Waals surface area contributed by atoms with Crippen LogP contribution in [0.25, 0.3) is 11.2 Å². The number of hydrogen-bond donors (Lipinski definition) is 0. The average Bonchev–Trinajstić information content (AvgIpc) is 3.02. The lowest BCUT2D eigenvalue weighted by Crippen LogP contribution is -2.03. The van der Waals surface area contributed by atoms with Gasteiger partial charge in [-0.1, -0.05) is 45.2 Å². The number of aromatic nitrogens is 2. The van der Waals surface area contributed by atoms with E-state index in [4.69, 9.17) is 0 Å². The van der Waals surface area contributed by atoms with Gasteiger partial charge in [0.1, 0.15) is 17.4 Å². The molecule has 0 unspecified atom stereocenters. The Bertz CT molecular complexity index is 920. The molecule has 4 nitrogen and oxygen atoms in total. The van der Waals surface area contributed by atoms with Crippen LogP contribution in [-0.2, 0) is 4.79 Å². The van der Waals surface area contributed by atoms with Gasteiger partial charge in [0.05, 0.1) is 6.20 Å². The zero-order valence-corrected chi connectivity index (χ0v) is 15.3. The molecule has 2 heterocycles. The second-order valence-corrected chi connectivity index (χ2v) is 5.21. The maximum atomic E-state index is 12.0. The predicted molar refractivity (Wildman–Crippen MR) is 103 cm³/mol. The van der Waals surface area contributed by atoms with Crippen molar-refractivity contribution in [3.63, 3.8) is 0 Å². The number of nitrogens with zero attached hydrogens (tertiary/aromatic N) is 3. The van der Waals surface area contributed by atoms with E-state index in [0.717, 1.165) is 11.1 Å². The Morgan fingerprint density at radius 1 is 1.28 bits per heavy atom. The second kappa shape index (κ2) is 8.60. The van der Waals surface area contributed by atoms with Crippen molar-refractivity contribution in [2.24, 2.45) is 0 Å². The van der Waals surface area contributed by atoms with E-state index >= 15 is 0 Å². The van der Waals surface area contributed by atoms with Gasteiger partial charge in [-0.3, -0.25) is 9.20 Å². The van der Waals surface area contributed by atoms with Crippen LogP contribution in [0, 0.1) is 11.3 Å². The highest BCUT2D eigenvalue weighted by molar-refractivity contribution is 6.07. The Morgan fingerprint density at radius 3 is 2.40 bits per heavy atom.